The van der Waals surface area contributed by atoms with Gasteiger partial charge in [-0.2, -0.15) is 0 Å². The van der Waals surface area contributed by atoms with Gasteiger partial charge in [0.05, 0.1) is 11.8 Å². The van der Waals surface area contributed by atoms with E-state index in [4.69, 9.17) is 9.84 Å². The van der Waals surface area contributed by atoms with Gasteiger partial charge in [-0.1, -0.05) is 36.4 Å². The number of hydrogen-bond donors (Lipinski definition) is 1. The van der Waals surface area contributed by atoms with Crippen molar-refractivity contribution in [2.75, 3.05) is 13.2 Å². The second-order valence-corrected chi connectivity index (χ2v) is 10.9. The number of hydrogen-bond acceptors (Lipinski definition) is 6. The van der Waals surface area contributed by atoms with Gasteiger partial charge in [0, 0.05) is 30.3 Å². The molecule has 7 rings (SSSR count). The van der Waals surface area contributed by atoms with Crippen molar-refractivity contribution in [3.05, 3.63) is 77.1 Å². The minimum Gasteiger partial charge on any atom is -0.377 e. The van der Waals surface area contributed by atoms with Crippen LogP contribution >= 0.6 is 0 Å². The smallest absolute Gasteiger partial charge is 0.181 e. The van der Waals surface area contributed by atoms with E-state index in [1.54, 1.807) is 11.0 Å². The van der Waals surface area contributed by atoms with Gasteiger partial charge in [-0.3, -0.25) is 0 Å². The van der Waals surface area contributed by atoms with E-state index in [9.17, 15) is 0 Å². The Morgan fingerprint density at radius 2 is 1.74 bits per heavy atom. The second-order valence-electron chi connectivity index (χ2n) is 10.9. The number of fused-ring (bicyclic) bond motifs is 4. The first kappa shape index (κ1) is 23.7. The Morgan fingerprint density at radius 3 is 2.66 bits per heavy atom. The molecule has 2 aliphatic carbocycles. The molecular formula is C31H34N6O. The van der Waals surface area contributed by atoms with Crippen molar-refractivity contribution in [1.29, 1.82) is 0 Å². The van der Waals surface area contributed by atoms with E-state index in [0.717, 1.165) is 74.6 Å². The molecule has 38 heavy (non-hydrogen) atoms. The van der Waals surface area contributed by atoms with E-state index < -0.39 is 0 Å². The Morgan fingerprint density at radius 1 is 0.842 bits per heavy atom. The predicted octanol–water partition coefficient (Wildman–Crippen LogP) is 4.90. The number of aromatic nitrogens is 5. The average molecular weight is 507 g/mol. The van der Waals surface area contributed by atoms with E-state index in [1.165, 1.54) is 47.1 Å². The normalized spacial score (nSPS) is 20.7. The van der Waals surface area contributed by atoms with Gasteiger partial charge in [0.1, 0.15) is 6.33 Å². The highest BCUT2D eigenvalue weighted by Gasteiger charge is 2.21. The fourth-order valence-electron chi connectivity index (χ4n) is 6.25. The molecule has 0 amide bonds. The summed E-state index contributed by atoms with van der Waals surface area (Å²) < 4.78 is 7.56. The Hall–Kier alpha value is -3.42. The number of aryl methyl sites for hydroxylation is 4. The monoisotopic (exact) mass is 506 g/mol. The van der Waals surface area contributed by atoms with Gasteiger partial charge in [-0.05, 0) is 92.2 Å². The molecule has 1 N–H and O–H groups in total. The highest BCUT2D eigenvalue weighted by Crippen LogP contribution is 2.31. The molecule has 194 valence electrons. The summed E-state index contributed by atoms with van der Waals surface area (Å²) in [5.74, 6) is 1.45. The summed E-state index contributed by atoms with van der Waals surface area (Å²) in [5.41, 5.74) is 8.71. The number of benzene rings is 2. The first-order chi connectivity index (χ1) is 18.8. The lowest BCUT2D eigenvalue weighted by Crippen LogP contribution is -2.35. The molecule has 2 unspecified atom stereocenters. The van der Waals surface area contributed by atoms with Crippen molar-refractivity contribution in [3.8, 4) is 28.5 Å². The zero-order valence-corrected chi connectivity index (χ0v) is 21.8. The molecular weight excluding hydrogens is 472 g/mol. The predicted molar refractivity (Wildman–Crippen MR) is 147 cm³/mol. The molecule has 0 bridgehead atoms. The van der Waals surface area contributed by atoms with Gasteiger partial charge < -0.3 is 10.1 Å². The number of ether oxygens (including phenoxy) is 1. The molecule has 3 heterocycles. The molecule has 7 nitrogen and oxygen atoms in total. The van der Waals surface area contributed by atoms with Crippen molar-refractivity contribution in [3.63, 3.8) is 0 Å². The summed E-state index contributed by atoms with van der Waals surface area (Å²) in [6.07, 6.45) is 12.2. The Kier molecular flexibility index (Phi) is 6.47. The third kappa shape index (κ3) is 4.76. The molecule has 1 saturated heterocycles. The quantitative estimate of drug-likeness (QED) is 0.388. The van der Waals surface area contributed by atoms with Crippen LogP contribution in [0.5, 0.6) is 0 Å². The minimum atomic E-state index is 0.397. The molecule has 2 atom stereocenters. The lowest BCUT2D eigenvalue weighted by Gasteiger charge is -2.18. The minimum absolute atomic E-state index is 0.397. The second kappa shape index (κ2) is 10.4. The highest BCUT2D eigenvalue weighted by molar-refractivity contribution is 5.68. The topological polar surface area (TPSA) is 77.8 Å². The average Bonchev–Trinajstić information content (AvgIpc) is 3.58. The summed E-state index contributed by atoms with van der Waals surface area (Å²) in [4.78, 5) is 4.65. The van der Waals surface area contributed by atoms with Crippen LogP contribution < -0.4 is 5.32 Å². The maximum atomic E-state index is 5.80. The van der Waals surface area contributed by atoms with Gasteiger partial charge in [-0.25, -0.2) is 9.67 Å². The Balaban J connectivity index is 1.08. The van der Waals surface area contributed by atoms with Crippen molar-refractivity contribution in [2.24, 2.45) is 0 Å². The third-order valence-electron chi connectivity index (χ3n) is 8.40. The van der Waals surface area contributed by atoms with Crippen molar-refractivity contribution in [1.82, 2.24) is 30.3 Å². The van der Waals surface area contributed by atoms with E-state index in [-0.39, 0.29) is 0 Å². The lowest BCUT2D eigenvalue weighted by molar-refractivity contribution is 0.107. The lowest BCUT2D eigenvalue weighted by atomic mass is 10.00. The van der Waals surface area contributed by atoms with E-state index in [1.807, 2.05) is 0 Å². The summed E-state index contributed by atoms with van der Waals surface area (Å²) in [5, 5.41) is 17.8. The maximum absolute atomic E-state index is 5.80. The van der Waals surface area contributed by atoms with Crippen molar-refractivity contribution < 1.29 is 4.74 Å². The van der Waals surface area contributed by atoms with Gasteiger partial charge in [0.25, 0.3) is 0 Å². The molecule has 7 heteroatoms. The van der Waals surface area contributed by atoms with Gasteiger partial charge in [-0.15, -0.1) is 15.3 Å². The van der Waals surface area contributed by atoms with Crippen LogP contribution in [0.15, 0.2) is 54.9 Å². The molecule has 0 radical (unpaired) electrons. The van der Waals surface area contributed by atoms with Crippen LogP contribution in [-0.4, -0.2) is 50.3 Å². The first-order valence-electron chi connectivity index (χ1n) is 14.1. The van der Waals surface area contributed by atoms with E-state index in [2.05, 4.69) is 69.0 Å². The zero-order chi connectivity index (χ0) is 25.3. The summed E-state index contributed by atoms with van der Waals surface area (Å²) in [6.45, 7) is 1.90. The molecule has 3 aliphatic rings. The molecule has 2 aromatic carbocycles. The third-order valence-corrected chi connectivity index (χ3v) is 8.40. The van der Waals surface area contributed by atoms with Gasteiger partial charge in [0.15, 0.2) is 11.6 Å². The Bertz CT molecular complexity index is 1440. The van der Waals surface area contributed by atoms with Crippen LogP contribution in [0.3, 0.4) is 0 Å². The maximum Gasteiger partial charge on any atom is 0.181 e. The van der Waals surface area contributed by atoms with Gasteiger partial charge in [0.2, 0.25) is 0 Å². The van der Waals surface area contributed by atoms with Crippen LogP contribution in [-0.2, 0) is 30.4 Å². The molecule has 0 spiro atoms. The van der Waals surface area contributed by atoms with Gasteiger partial charge >= 0.3 is 0 Å². The van der Waals surface area contributed by atoms with E-state index in [0.29, 0.717) is 12.1 Å². The molecule has 2 aromatic heterocycles. The largest absolute Gasteiger partial charge is 0.377 e. The Labute approximate surface area is 223 Å². The highest BCUT2D eigenvalue weighted by atomic mass is 16.5. The first-order valence-corrected chi connectivity index (χ1v) is 14.1. The van der Waals surface area contributed by atoms with Crippen LogP contribution in [0.25, 0.3) is 28.5 Å². The number of nitrogens with zero attached hydrogens (tertiary/aromatic N) is 5. The van der Waals surface area contributed by atoms with Crippen LogP contribution in [0.2, 0.25) is 0 Å². The molecule has 0 saturated carbocycles. The van der Waals surface area contributed by atoms with Crippen LogP contribution in [0.1, 0.15) is 54.4 Å². The molecule has 1 fully saturated rings. The standard InChI is InChI=1S/C31H34N6O/c1-2-9-28-22(5-1)6-3-7-24-18-29(34-35-30(24)28)37-20-33-31(36-37)25-11-10-21-12-14-26(15-13-23(21)17-25)32-19-27-8-4-16-38-27/h1-2,5,9-11,17-18,20,26-27,32H,3-4,6-8,12-16,19H2. The SMILES string of the molecule is c1ccc2c(c1)CCCc1cc(-n3cnc(-c4ccc5c(c4)CCC(NCC4CCCO4)CC5)n3)nnc1-2. The van der Waals surface area contributed by atoms with Crippen molar-refractivity contribution >= 4 is 0 Å². The van der Waals surface area contributed by atoms with Crippen LogP contribution in [0, 0.1) is 0 Å². The summed E-state index contributed by atoms with van der Waals surface area (Å²) in [7, 11) is 0. The summed E-state index contributed by atoms with van der Waals surface area (Å²) >= 11 is 0. The molecule has 1 aliphatic heterocycles. The zero-order valence-electron chi connectivity index (χ0n) is 21.8. The van der Waals surface area contributed by atoms with E-state index >= 15 is 0 Å². The fraction of sp³-hybridized carbons (Fsp3) is 0.419. The number of rotatable bonds is 5. The summed E-state index contributed by atoms with van der Waals surface area (Å²) in [6, 6.07) is 17.9. The fourth-order valence-corrected chi connectivity index (χ4v) is 6.25. The number of nitrogens with one attached hydrogen (secondary N) is 1. The van der Waals surface area contributed by atoms with Crippen LogP contribution in [0.4, 0.5) is 0 Å². The van der Waals surface area contributed by atoms with Crippen molar-refractivity contribution in [2.45, 2.75) is 69.9 Å². The molecule has 4 aromatic rings.